The fraction of sp³-hybridized carbons (Fsp3) is 0.235. The van der Waals surface area contributed by atoms with Crippen molar-refractivity contribution in [2.75, 3.05) is 6.54 Å². The number of rotatable bonds is 4. The molecule has 0 aliphatic heterocycles. The van der Waals surface area contributed by atoms with Crippen LogP contribution in [0, 0.1) is 5.82 Å². The van der Waals surface area contributed by atoms with E-state index in [1.54, 1.807) is 18.2 Å². The van der Waals surface area contributed by atoms with E-state index in [1.165, 1.54) is 12.1 Å². The Hall–Kier alpha value is -2.58. The molecule has 1 amide bonds. The lowest BCUT2D eigenvalue weighted by atomic mass is 10.1. The molecule has 2 aromatic carbocycles. The highest BCUT2D eigenvalue weighted by Crippen LogP contribution is 2.32. The Kier molecular flexibility index (Phi) is 5.58. The summed E-state index contributed by atoms with van der Waals surface area (Å²) in [6.45, 7) is -2.11. The molecular weight excluding hydrogens is 367 g/mol. The van der Waals surface area contributed by atoms with E-state index in [4.69, 9.17) is 0 Å². The molecule has 0 atom stereocenters. The van der Waals surface area contributed by atoms with Gasteiger partial charge >= 0.3 is 12.4 Å². The summed E-state index contributed by atoms with van der Waals surface area (Å²) in [5, 5.41) is 0. The van der Waals surface area contributed by atoms with Crippen LogP contribution >= 0.6 is 0 Å². The second-order valence-corrected chi connectivity index (χ2v) is 5.45. The molecule has 0 saturated carbocycles. The molecule has 0 N–H and O–H groups in total. The highest BCUT2D eigenvalue weighted by Gasteiger charge is 2.37. The fourth-order valence-electron chi connectivity index (χ4n) is 2.28. The first-order valence-electron chi connectivity index (χ1n) is 7.24. The van der Waals surface area contributed by atoms with Gasteiger partial charge in [0.05, 0.1) is 5.56 Å². The molecule has 0 spiro atoms. The quantitative estimate of drug-likeness (QED) is 0.681. The maximum atomic E-state index is 13.3. The third-order valence-corrected chi connectivity index (χ3v) is 3.39. The van der Waals surface area contributed by atoms with Crippen molar-refractivity contribution in [3.8, 4) is 0 Å². The van der Waals surface area contributed by atoms with Gasteiger partial charge in [-0.2, -0.15) is 26.3 Å². The first-order valence-corrected chi connectivity index (χ1v) is 7.24. The molecule has 0 fully saturated rings. The smallest absolute Gasteiger partial charge is 0.325 e. The summed E-state index contributed by atoms with van der Waals surface area (Å²) in [5.41, 5.74) is -2.03. The van der Waals surface area contributed by atoms with Crippen LogP contribution in [0.25, 0.3) is 0 Å². The van der Waals surface area contributed by atoms with E-state index >= 15 is 0 Å². The number of carbonyl (C=O) groups is 1. The number of amides is 1. The second kappa shape index (κ2) is 7.35. The number of hydrogen-bond donors (Lipinski definition) is 0. The number of nitrogens with zero attached hydrogens (tertiary/aromatic N) is 1. The molecule has 26 heavy (non-hydrogen) atoms. The van der Waals surface area contributed by atoms with E-state index in [9.17, 15) is 35.5 Å². The van der Waals surface area contributed by atoms with Crippen LogP contribution in [-0.4, -0.2) is 23.5 Å². The lowest BCUT2D eigenvalue weighted by molar-refractivity contribution is -0.142. The van der Waals surface area contributed by atoms with Crippen molar-refractivity contribution in [3.63, 3.8) is 0 Å². The summed E-state index contributed by atoms with van der Waals surface area (Å²) < 4.78 is 90.0. The van der Waals surface area contributed by atoms with E-state index < -0.39 is 48.3 Å². The van der Waals surface area contributed by atoms with Crippen molar-refractivity contribution in [1.82, 2.24) is 4.90 Å². The van der Waals surface area contributed by atoms with Crippen molar-refractivity contribution < 1.29 is 35.5 Å². The Bertz CT molecular complexity index is 769. The second-order valence-electron chi connectivity index (χ2n) is 5.45. The van der Waals surface area contributed by atoms with Crippen LogP contribution in [-0.2, 0) is 12.7 Å². The van der Waals surface area contributed by atoms with Crippen molar-refractivity contribution in [2.45, 2.75) is 18.9 Å². The summed E-state index contributed by atoms with van der Waals surface area (Å²) >= 11 is 0. The molecular formula is C17H12F7NO. The van der Waals surface area contributed by atoms with E-state index in [-0.39, 0.29) is 6.07 Å². The Morgan fingerprint density at radius 2 is 1.54 bits per heavy atom. The van der Waals surface area contributed by atoms with Gasteiger partial charge in [-0.05, 0) is 23.8 Å². The van der Waals surface area contributed by atoms with Crippen LogP contribution in [0.4, 0.5) is 30.7 Å². The van der Waals surface area contributed by atoms with Gasteiger partial charge in [-0.3, -0.25) is 4.79 Å². The number of benzene rings is 2. The molecule has 0 radical (unpaired) electrons. The van der Waals surface area contributed by atoms with Crippen LogP contribution < -0.4 is 0 Å². The van der Waals surface area contributed by atoms with Crippen molar-refractivity contribution in [1.29, 1.82) is 0 Å². The predicted octanol–water partition coefficient (Wildman–Crippen LogP) is 5.05. The number of hydrogen-bond acceptors (Lipinski definition) is 1. The van der Waals surface area contributed by atoms with Gasteiger partial charge in [0.2, 0.25) is 0 Å². The average Bonchev–Trinajstić information content (AvgIpc) is 2.52. The normalized spacial score (nSPS) is 12.1. The summed E-state index contributed by atoms with van der Waals surface area (Å²) in [7, 11) is 0. The molecule has 2 rings (SSSR count). The van der Waals surface area contributed by atoms with Crippen LogP contribution in [0.3, 0.4) is 0 Å². The standard InChI is InChI=1S/C17H12F7NO/c18-14-7-6-12(8-13(14)17(22,23)24)15(26)25(10-16(19,20)21)9-11-4-2-1-3-5-11/h1-8H,9-10H2. The average molecular weight is 379 g/mol. The zero-order chi connectivity index (χ0) is 19.5. The lowest BCUT2D eigenvalue weighted by Crippen LogP contribution is -2.38. The van der Waals surface area contributed by atoms with Crippen LogP contribution in [0.2, 0.25) is 0 Å². The molecule has 140 valence electrons. The van der Waals surface area contributed by atoms with Crippen molar-refractivity contribution >= 4 is 5.91 Å². The molecule has 9 heteroatoms. The molecule has 2 aromatic rings. The van der Waals surface area contributed by atoms with Crippen LogP contribution in [0.15, 0.2) is 48.5 Å². The predicted molar refractivity (Wildman–Crippen MR) is 78.6 cm³/mol. The highest BCUT2D eigenvalue weighted by atomic mass is 19.4. The van der Waals surface area contributed by atoms with Crippen molar-refractivity contribution in [2.24, 2.45) is 0 Å². The van der Waals surface area contributed by atoms with E-state index in [0.717, 1.165) is 6.07 Å². The van der Waals surface area contributed by atoms with Gasteiger partial charge < -0.3 is 4.90 Å². The summed E-state index contributed by atoms with van der Waals surface area (Å²) in [4.78, 5) is 12.7. The number of halogens is 7. The largest absolute Gasteiger partial charge is 0.419 e. The lowest BCUT2D eigenvalue weighted by Gasteiger charge is -2.24. The maximum Gasteiger partial charge on any atom is 0.419 e. The van der Waals surface area contributed by atoms with Gasteiger partial charge in [-0.15, -0.1) is 0 Å². The molecule has 0 heterocycles. The first-order chi connectivity index (χ1) is 12.0. The summed E-state index contributed by atoms with van der Waals surface area (Å²) in [6, 6.07) is 9.01. The molecule has 2 nitrogen and oxygen atoms in total. The van der Waals surface area contributed by atoms with Gasteiger partial charge in [-0.25, -0.2) is 4.39 Å². The SMILES string of the molecule is O=C(c1ccc(F)c(C(F)(F)F)c1)N(Cc1ccccc1)CC(F)(F)F. The first kappa shape index (κ1) is 19.7. The van der Waals surface area contributed by atoms with Gasteiger partial charge in [-0.1, -0.05) is 30.3 Å². The molecule has 0 saturated heterocycles. The monoisotopic (exact) mass is 379 g/mol. The van der Waals surface area contributed by atoms with Gasteiger partial charge in [0.15, 0.2) is 0 Å². The number of carbonyl (C=O) groups excluding carboxylic acids is 1. The van der Waals surface area contributed by atoms with E-state index in [1.807, 2.05) is 0 Å². The van der Waals surface area contributed by atoms with Gasteiger partial charge in [0.1, 0.15) is 12.4 Å². The Labute approximate surface area is 143 Å². The topological polar surface area (TPSA) is 20.3 Å². The molecule has 0 aromatic heterocycles. The molecule has 0 bridgehead atoms. The summed E-state index contributed by atoms with van der Waals surface area (Å²) in [6.07, 6.45) is -9.83. The number of alkyl halides is 6. The van der Waals surface area contributed by atoms with E-state index in [2.05, 4.69) is 0 Å². The minimum absolute atomic E-state index is 0.214. The molecule has 0 aliphatic rings. The minimum atomic E-state index is -5.07. The summed E-state index contributed by atoms with van der Waals surface area (Å²) in [5.74, 6) is -2.89. The Morgan fingerprint density at radius 1 is 0.923 bits per heavy atom. The Morgan fingerprint density at radius 3 is 2.08 bits per heavy atom. The fourth-order valence-corrected chi connectivity index (χ4v) is 2.28. The maximum absolute atomic E-state index is 13.3. The van der Waals surface area contributed by atoms with Crippen LogP contribution in [0.1, 0.15) is 21.5 Å². The van der Waals surface area contributed by atoms with Gasteiger partial charge in [0.25, 0.3) is 5.91 Å². The zero-order valence-corrected chi connectivity index (χ0v) is 13.0. The van der Waals surface area contributed by atoms with Crippen LogP contribution in [0.5, 0.6) is 0 Å². The Balaban J connectivity index is 2.37. The minimum Gasteiger partial charge on any atom is -0.325 e. The molecule has 0 unspecified atom stereocenters. The highest BCUT2D eigenvalue weighted by molar-refractivity contribution is 5.94. The van der Waals surface area contributed by atoms with Gasteiger partial charge in [0, 0.05) is 12.1 Å². The molecule has 0 aliphatic carbocycles. The zero-order valence-electron chi connectivity index (χ0n) is 13.0. The van der Waals surface area contributed by atoms with E-state index in [0.29, 0.717) is 16.5 Å². The third-order valence-electron chi connectivity index (χ3n) is 3.39. The third kappa shape index (κ3) is 5.21. The van der Waals surface area contributed by atoms with Crippen molar-refractivity contribution in [3.05, 3.63) is 71.0 Å².